The molecule has 0 saturated heterocycles. The Morgan fingerprint density at radius 2 is 2.20 bits per heavy atom. The molecule has 0 rings (SSSR count). The maximum absolute atomic E-state index is 10.4. The smallest absolute Gasteiger partial charge is 0.331 e. The predicted octanol–water partition coefficient (Wildman–Crippen LogP) is 2.21. The third-order valence-electron chi connectivity index (χ3n) is 1.42. The number of carbonyl (C=O) groups is 1. The second-order valence-electron chi connectivity index (χ2n) is 2.22. The standard InChI is InChI=1S/C8H14O2/c1-3-5-6-7(4-2)8(9)10/h4H,3,5-6H2,1-2H3,(H,9,10)/b7-4+. The summed E-state index contributed by atoms with van der Waals surface area (Å²) in [5.74, 6) is -0.782. The number of rotatable bonds is 4. The van der Waals surface area contributed by atoms with E-state index in [9.17, 15) is 4.79 Å². The summed E-state index contributed by atoms with van der Waals surface area (Å²) in [5.41, 5.74) is 0.529. The van der Waals surface area contributed by atoms with Gasteiger partial charge < -0.3 is 5.11 Å². The van der Waals surface area contributed by atoms with Gasteiger partial charge in [0, 0.05) is 5.57 Å². The van der Waals surface area contributed by atoms with Crippen molar-refractivity contribution in [2.24, 2.45) is 0 Å². The summed E-state index contributed by atoms with van der Waals surface area (Å²) in [4.78, 5) is 10.4. The number of unbranched alkanes of at least 4 members (excludes halogenated alkanes) is 1. The number of hydrogen-bond donors (Lipinski definition) is 1. The van der Waals surface area contributed by atoms with Gasteiger partial charge >= 0.3 is 5.97 Å². The largest absolute Gasteiger partial charge is 0.478 e. The highest BCUT2D eigenvalue weighted by Crippen LogP contribution is 2.06. The van der Waals surface area contributed by atoms with Crippen LogP contribution in [0.15, 0.2) is 11.6 Å². The van der Waals surface area contributed by atoms with Crippen LogP contribution in [0.4, 0.5) is 0 Å². The molecular formula is C8H14O2. The Kier molecular flexibility index (Phi) is 4.63. The van der Waals surface area contributed by atoms with Gasteiger partial charge in [0.15, 0.2) is 0 Å². The Balaban J connectivity index is 3.74. The van der Waals surface area contributed by atoms with E-state index in [0.29, 0.717) is 12.0 Å². The number of hydrogen-bond acceptors (Lipinski definition) is 1. The van der Waals surface area contributed by atoms with Crippen molar-refractivity contribution in [3.05, 3.63) is 11.6 Å². The number of carboxylic acids is 1. The molecule has 0 radical (unpaired) electrons. The van der Waals surface area contributed by atoms with E-state index in [1.807, 2.05) is 0 Å². The van der Waals surface area contributed by atoms with E-state index in [1.54, 1.807) is 13.0 Å². The Bertz CT molecular complexity index is 136. The average Bonchev–Trinajstić information content (AvgIpc) is 1.89. The third kappa shape index (κ3) is 3.28. The van der Waals surface area contributed by atoms with Gasteiger partial charge in [0.05, 0.1) is 0 Å². The molecule has 0 aliphatic rings. The van der Waals surface area contributed by atoms with Crippen molar-refractivity contribution in [1.29, 1.82) is 0 Å². The summed E-state index contributed by atoms with van der Waals surface area (Å²) >= 11 is 0. The van der Waals surface area contributed by atoms with Gasteiger partial charge in [-0.2, -0.15) is 0 Å². The van der Waals surface area contributed by atoms with Gasteiger partial charge in [0.2, 0.25) is 0 Å². The predicted molar refractivity (Wildman–Crippen MR) is 40.9 cm³/mol. The summed E-state index contributed by atoms with van der Waals surface area (Å²) in [6.45, 7) is 3.81. The Morgan fingerprint density at radius 3 is 2.50 bits per heavy atom. The van der Waals surface area contributed by atoms with Crippen molar-refractivity contribution in [2.45, 2.75) is 33.1 Å². The molecule has 0 spiro atoms. The second kappa shape index (κ2) is 5.03. The Labute approximate surface area is 61.6 Å². The first-order valence-corrected chi connectivity index (χ1v) is 3.60. The summed E-state index contributed by atoms with van der Waals surface area (Å²) in [7, 11) is 0. The molecule has 0 fully saturated rings. The van der Waals surface area contributed by atoms with Crippen molar-refractivity contribution in [3.8, 4) is 0 Å². The highest BCUT2D eigenvalue weighted by atomic mass is 16.4. The highest BCUT2D eigenvalue weighted by Gasteiger charge is 2.02. The minimum Gasteiger partial charge on any atom is -0.478 e. The molecule has 0 saturated carbocycles. The van der Waals surface area contributed by atoms with E-state index in [2.05, 4.69) is 6.92 Å². The third-order valence-corrected chi connectivity index (χ3v) is 1.42. The van der Waals surface area contributed by atoms with Crippen LogP contribution >= 0.6 is 0 Å². The van der Waals surface area contributed by atoms with Gasteiger partial charge in [-0.25, -0.2) is 4.79 Å². The molecular weight excluding hydrogens is 128 g/mol. The minimum absolute atomic E-state index is 0.529. The second-order valence-corrected chi connectivity index (χ2v) is 2.22. The van der Waals surface area contributed by atoms with E-state index in [1.165, 1.54) is 0 Å². The number of aliphatic carboxylic acids is 1. The quantitative estimate of drug-likeness (QED) is 0.611. The molecule has 0 bridgehead atoms. The first-order valence-electron chi connectivity index (χ1n) is 3.60. The molecule has 0 unspecified atom stereocenters. The maximum Gasteiger partial charge on any atom is 0.331 e. The van der Waals surface area contributed by atoms with Crippen LogP contribution in [0, 0.1) is 0 Å². The normalized spacial score (nSPS) is 11.6. The molecule has 2 heteroatoms. The van der Waals surface area contributed by atoms with Gasteiger partial charge in [-0.15, -0.1) is 0 Å². The Morgan fingerprint density at radius 1 is 1.60 bits per heavy atom. The molecule has 0 aromatic heterocycles. The molecule has 10 heavy (non-hydrogen) atoms. The molecule has 0 atom stereocenters. The highest BCUT2D eigenvalue weighted by molar-refractivity contribution is 5.86. The van der Waals surface area contributed by atoms with E-state index in [-0.39, 0.29) is 0 Å². The maximum atomic E-state index is 10.4. The molecule has 0 aromatic rings. The zero-order valence-corrected chi connectivity index (χ0v) is 6.55. The fourth-order valence-corrected chi connectivity index (χ4v) is 0.742. The van der Waals surface area contributed by atoms with E-state index in [4.69, 9.17) is 5.11 Å². The fourth-order valence-electron chi connectivity index (χ4n) is 0.742. The first-order chi connectivity index (χ1) is 4.72. The van der Waals surface area contributed by atoms with Crippen LogP contribution in [-0.4, -0.2) is 11.1 Å². The van der Waals surface area contributed by atoms with Crippen molar-refractivity contribution in [2.75, 3.05) is 0 Å². The molecule has 0 aliphatic heterocycles. The lowest BCUT2D eigenvalue weighted by molar-refractivity contribution is -0.132. The minimum atomic E-state index is -0.782. The molecule has 58 valence electrons. The monoisotopic (exact) mass is 142 g/mol. The molecule has 1 N–H and O–H groups in total. The van der Waals surface area contributed by atoms with Crippen LogP contribution in [0.1, 0.15) is 33.1 Å². The van der Waals surface area contributed by atoms with Crippen LogP contribution in [0.3, 0.4) is 0 Å². The van der Waals surface area contributed by atoms with Crippen LogP contribution in [0.2, 0.25) is 0 Å². The van der Waals surface area contributed by atoms with Gasteiger partial charge in [0.25, 0.3) is 0 Å². The fraction of sp³-hybridized carbons (Fsp3) is 0.625. The lowest BCUT2D eigenvalue weighted by Gasteiger charge is -1.97. The average molecular weight is 142 g/mol. The molecule has 0 amide bonds. The van der Waals surface area contributed by atoms with Crippen molar-refractivity contribution in [1.82, 2.24) is 0 Å². The van der Waals surface area contributed by atoms with Gasteiger partial charge in [0.1, 0.15) is 0 Å². The van der Waals surface area contributed by atoms with E-state index in [0.717, 1.165) is 12.8 Å². The number of allylic oxidation sites excluding steroid dienone is 1. The van der Waals surface area contributed by atoms with Crippen molar-refractivity contribution >= 4 is 5.97 Å². The number of carboxylic acid groups (broad SMARTS) is 1. The lowest BCUT2D eigenvalue weighted by atomic mass is 10.1. The van der Waals surface area contributed by atoms with E-state index >= 15 is 0 Å². The van der Waals surface area contributed by atoms with E-state index < -0.39 is 5.97 Å². The SMILES string of the molecule is C/C=C(\CCCC)C(=O)O. The summed E-state index contributed by atoms with van der Waals surface area (Å²) in [6.07, 6.45) is 4.37. The Hall–Kier alpha value is -0.790. The summed E-state index contributed by atoms with van der Waals surface area (Å²) in [5, 5.41) is 8.53. The van der Waals surface area contributed by atoms with Crippen LogP contribution in [0.5, 0.6) is 0 Å². The zero-order chi connectivity index (χ0) is 7.98. The topological polar surface area (TPSA) is 37.3 Å². The zero-order valence-electron chi connectivity index (χ0n) is 6.55. The van der Waals surface area contributed by atoms with Crippen LogP contribution < -0.4 is 0 Å². The lowest BCUT2D eigenvalue weighted by Crippen LogP contribution is -1.99. The summed E-state index contributed by atoms with van der Waals surface area (Å²) in [6, 6.07) is 0. The van der Waals surface area contributed by atoms with Crippen LogP contribution in [0.25, 0.3) is 0 Å². The molecule has 0 aromatic carbocycles. The van der Waals surface area contributed by atoms with Gasteiger partial charge in [-0.1, -0.05) is 19.4 Å². The first kappa shape index (κ1) is 9.21. The molecule has 2 nitrogen and oxygen atoms in total. The summed E-state index contributed by atoms with van der Waals surface area (Å²) < 4.78 is 0. The van der Waals surface area contributed by atoms with Crippen molar-refractivity contribution < 1.29 is 9.90 Å². The van der Waals surface area contributed by atoms with Gasteiger partial charge in [-0.05, 0) is 19.8 Å². The molecule has 0 aliphatic carbocycles. The van der Waals surface area contributed by atoms with Crippen LogP contribution in [-0.2, 0) is 4.79 Å². The molecule has 0 heterocycles. The van der Waals surface area contributed by atoms with Crippen molar-refractivity contribution in [3.63, 3.8) is 0 Å². The van der Waals surface area contributed by atoms with Gasteiger partial charge in [-0.3, -0.25) is 0 Å².